The summed E-state index contributed by atoms with van der Waals surface area (Å²) in [6, 6.07) is 8.52. The minimum atomic E-state index is -0.435. The molecule has 0 N–H and O–H groups in total. The number of rotatable bonds is 17. The summed E-state index contributed by atoms with van der Waals surface area (Å²) in [7, 11) is 0. The van der Waals surface area contributed by atoms with E-state index < -0.39 is 5.97 Å². The fourth-order valence-electron chi connectivity index (χ4n) is 5.02. The summed E-state index contributed by atoms with van der Waals surface area (Å²) < 4.78 is 11.5. The van der Waals surface area contributed by atoms with Gasteiger partial charge in [0.1, 0.15) is 11.3 Å². The zero-order valence-corrected chi connectivity index (χ0v) is 26.8. The third-order valence-corrected chi connectivity index (χ3v) is 7.96. The summed E-state index contributed by atoms with van der Waals surface area (Å²) in [6.45, 7) is 13.4. The van der Waals surface area contributed by atoms with Crippen molar-refractivity contribution in [3.63, 3.8) is 0 Å². The second kappa shape index (κ2) is 16.3. The molecule has 0 aliphatic rings. The first-order chi connectivity index (χ1) is 19.7. The topological polar surface area (TPSA) is 59.8 Å². The molecule has 0 amide bonds. The van der Waals surface area contributed by atoms with Crippen LogP contribution in [0.25, 0.3) is 11.0 Å². The van der Waals surface area contributed by atoms with Crippen molar-refractivity contribution in [2.45, 2.75) is 98.5 Å². The van der Waals surface area contributed by atoms with E-state index in [1.54, 1.807) is 44.2 Å². The Morgan fingerprint density at radius 2 is 1.44 bits per heavy atom. The molecule has 0 aliphatic heterocycles. The highest BCUT2D eigenvalue weighted by molar-refractivity contribution is 6.37. The fraction of sp³-hybridized carbons (Fsp3) is 0.529. The predicted molar refractivity (Wildman–Crippen MR) is 170 cm³/mol. The number of fused-ring (bicyclic) bond motifs is 1. The van der Waals surface area contributed by atoms with Gasteiger partial charge in [0, 0.05) is 27.4 Å². The van der Waals surface area contributed by atoms with Crippen molar-refractivity contribution in [1.82, 2.24) is 4.90 Å². The zero-order valence-electron chi connectivity index (χ0n) is 25.3. The van der Waals surface area contributed by atoms with E-state index in [2.05, 4.69) is 25.7 Å². The monoisotopic (exact) mass is 601 g/mol. The Labute approximate surface area is 255 Å². The highest BCUT2D eigenvalue weighted by atomic mass is 35.5. The molecule has 41 heavy (non-hydrogen) atoms. The SMILES string of the molecule is CCCCc1oc2ccc(C(=O)OC(C)C)cc2c1C(=O)c1cc(Cl)c(CCCN(CCCC)CCCC)c(Cl)c1. The third kappa shape index (κ3) is 9.07. The van der Waals surface area contributed by atoms with Crippen LogP contribution < -0.4 is 0 Å². The lowest BCUT2D eigenvalue weighted by Gasteiger charge is -2.22. The third-order valence-electron chi connectivity index (χ3n) is 7.28. The van der Waals surface area contributed by atoms with Crippen LogP contribution in [-0.4, -0.2) is 42.4 Å². The van der Waals surface area contributed by atoms with E-state index in [4.69, 9.17) is 32.4 Å². The number of hydrogen-bond donors (Lipinski definition) is 0. The van der Waals surface area contributed by atoms with Gasteiger partial charge in [-0.25, -0.2) is 4.79 Å². The van der Waals surface area contributed by atoms with Gasteiger partial charge in [0.25, 0.3) is 0 Å². The van der Waals surface area contributed by atoms with Gasteiger partial charge in [-0.15, -0.1) is 0 Å². The van der Waals surface area contributed by atoms with Crippen molar-refractivity contribution >= 4 is 45.9 Å². The molecule has 3 rings (SSSR count). The van der Waals surface area contributed by atoms with Crippen molar-refractivity contribution in [1.29, 1.82) is 0 Å². The lowest BCUT2D eigenvalue weighted by molar-refractivity contribution is 0.0378. The smallest absolute Gasteiger partial charge is 0.338 e. The largest absolute Gasteiger partial charge is 0.460 e. The Hall–Kier alpha value is -2.34. The molecule has 0 spiro atoms. The van der Waals surface area contributed by atoms with Gasteiger partial charge < -0.3 is 14.1 Å². The summed E-state index contributed by atoms with van der Waals surface area (Å²) in [4.78, 5) is 29.1. The van der Waals surface area contributed by atoms with Crippen LogP contribution in [0.4, 0.5) is 0 Å². The molecule has 0 saturated heterocycles. The molecule has 0 fully saturated rings. The Morgan fingerprint density at radius 1 is 0.829 bits per heavy atom. The van der Waals surface area contributed by atoms with Crippen LogP contribution in [0.3, 0.4) is 0 Å². The van der Waals surface area contributed by atoms with Gasteiger partial charge in [0.15, 0.2) is 5.78 Å². The molecule has 0 unspecified atom stereocenters. The van der Waals surface area contributed by atoms with Crippen molar-refractivity contribution in [2.75, 3.05) is 19.6 Å². The van der Waals surface area contributed by atoms with Gasteiger partial charge in [0.05, 0.1) is 17.2 Å². The highest BCUT2D eigenvalue weighted by Gasteiger charge is 2.25. The maximum Gasteiger partial charge on any atom is 0.338 e. The maximum absolute atomic E-state index is 14.0. The van der Waals surface area contributed by atoms with Gasteiger partial charge in [-0.3, -0.25) is 4.79 Å². The van der Waals surface area contributed by atoms with Crippen molar-refractivity contribution in [3.05, 3.63) is 68.4 Å². The van der Waals surface area contributed by atoms with Crippen LogP contribution in [0.5, 0.6) is 0 Å². The number of aryl methyl sites for hydroxylation is 1. The summed E-state index contributed by atoms with van der Waals surface area (Å²) >= 11 is 13.5. The van der Waals surface area contributed by atoms with E-state index >= 15 is 0 Å². The van der Waals surface area contributed by atoms with E-state index in [-0.39, 0.29) is 11.9 Å². The van der Waals surface area contributed by atoms with Gasteiger partial charge in [-0.1, -0.05) is 63.2 Å². The van der Waals surface area contributed by atoms with Crippen LogP contribution in [0.2, 0.25) is 10.0 Å². The molecule has 0 aliphatic carbocycles. The second-order valence-electron chi connectivity index (χ2n) is 11.1. The molecule has 3 aromatic rings. The summed E-state index contributed by atoms with van der Waals surface area (Å²) in [5.41, 5.74) is 2.67. The van der Waals surface area contributed by atoms with E-state index in [0.29, 0.717) is 49.9 Å². The Balaban J connectivity index is 1.88. The van der Waals surface area contributed by atoms with Crippen LogP contribution in [0, 0.1) is 0 Å². The average molecular weight is 603 g/mol. The lowest BCUT2D eigenvalue weighted by Crippen LogP contribution is -2.27. The van der Waals surface area contributed by atoms with Crippen molar-refractivity contribution in [2.24, 2.45) is 0 Å². The first kappa shape index (κ1) is 33.2. The normalized spacial score (nSPS) is 11.6. The van der Waals surface area contributed by atoms with Gasteiger partial charge in [-0.05, 0) is 101 Å². The van der Waals surface area contributed by atoms with Crippen LogP contribution in [-0.2, 0) is 17.6 Å². The standard InChI is InChI=1S/C34H45Cl2NO4/c1-6-9-14-31-32(27-20-24(15-16-30(27)41-31)34(39)40-23(4)5)33(38)25-21-28(35)26(29(36)22-25)13-12-19-37(17-10-7-2)18-11-8-3/h15-16,20-23H,6-14,17-19H2,1-5H3. The molecule has 7 heteroatoms. The maximum atomic E-state index is 14.0. The molecule has 1 heterocycles. The Morgan fingerprint density at radius 3 is 2.02 bits per heavy atom. The number of carbonyl (C=O) groups excluding carboxylic acids is 2. The van der Waals surface area contributed by atoms with Crippen molar-refractivity contribution in [3.8, 4) is 0 Å². The number of ketones is 1. The van der Waals surface area contributed by atoms with Gasteiger partial charge in [-0.2, -0.15) is 0 Å². The van der Waals surface area contributed by atoms with E-state index in [9.17, 15) is 9.59 Å². The van der Waals surface area contributed by atoms with Gasteiger partial charge >= 0.3 is 5.97 Å². The minimum absolute atomic E-state index is 0.218. The first-order valence-electron chi connectivity index (χ1n) is 15.2. The molecule has 5 nitrogen and oxygen atoms in total. The molecule has 1 aromatic heterocycles. The fourth-order valence-corrected chi connectivity index (χ4v) is 5.69. The number of esters is 1. The number of carbonyl (C=O) groups is 2. The molecule has 0 radical (unpaired) electrons. The van der Waals surface area contributed by atoms with Crippen LogP contribution in [0.1, 0.15) is 117 Å². The van der Waals surface area contributed by atoms with E-state index in [1.807, 2.05) is 0 Å². The van der Waals surface area contributed by atoms with E-state index in [1.165, 1.54) is 25.7 Å². The number of hydrogen-bond acceptors (Lipinski definition) is 5. The molecule has 0 bridgehead atoms. The number of unbranched alkanes of at least 4 members (excludes halogenated alkanes) is 3. The summed E-state index contributed by atoms with van der Waals surface area (Å²) in [5.74, 6) is -0.0447. The number of furan rings is 1. The first-order valence-corrected chi connectivity index (χ1v) is 16.0. The minimum Gasteiger partial charge on any atom is -0.460 e. The van der Waals surface area contributed by atoms with E-state index in [0.717, 1.165) is 50.9 Å². The Kier molecular flexibility index (Phi) is 13.2. The number of nitrogens with zero attached hydrogens (tertiary/aromatic N) is 1. The van der Waals surface area contributed by atoms with Crippen LogP contribution >= 0.6 is 23.2 Å². The van der Waals surface area contributed by atoms with Crippen molar-refractivity contribution < 1.29 is 18.7 Å². The number of ether oxygens (including phenoxy) is 1. The number of benzene rings is 2. The zero-order chi connectivity index (χ0) is 29.9. The number of halogens is 2. The average Bonchev–Trinajstić information content (AvgIpc) is 3.30. The predicted octanol–water partition coefficient (Wildman–Crippen LogP) is 9.71. The summed E-state index contributed by atoms with van der Waals surface area (Å²) in [5, 5.41) is 1.59. The van der Waals surface area contributed by atoms with Crippen LogP contribution in [0.15, 0.2) is 34.7 Å². The molecule has 2 aromatic carbocycles. The van der Waals surface area contributed by atoms with Gasteiger partial charge in [0.2, 0.25) is 0 Å². The molecule has 0 atom stereocenters. The molecular formula is C34H45Cl2NO4. The highest BCUT2D eigenvalue weighted by Crippen LogP contribution is 2.34. The Bertz CT molecular complexity index is 1280. The molecule has 0 saturated carbocycles. The second-order valence-corrected chi connectivity index (χ2v) is 11.9. The quantitative estimate of drug-likeness (QED) is 0.114. The molecule has 224 valence electrons. The summed E-state index contributed by atoms with van der Waals surface area (Å²) in [6.07, 6.45) is 8.66. The lowest BCUT2D eigenvalue weighted by atomic mass is 9.96. The molecular weight excluding hydrogens is 557 g/mol.